The van der Waals surface area contributed by atoms with Crippen LogP contribution in [-0.4, -0.2) is 21.4 Å². The van der Waals surface area contributed by atoms with Crippen molar-refractivity contribution >= 4 is 28.5 Å². The topological polar surface area (TPSA) is 102 Å². The van der Waals surface area contributed by atoms with Crippen molar-refractivity contribution in [3.05, 3.63) is 41.1 Å². The number of benzene rings is 1. The van der Waals surface area contributed by atoms with Gasteiger partial charge < -0.3 is 10.2 Å². The van der Waals surface area contributed by atoms with E-state index in [-0.39, 0.29) is 0 Å². The number of hydrogen-bond donors (Lipinski definition) is 2. The van der Waals surface area contributed by atoms with Crippen molar-refractivity contribution in [3.63, 3.8) is 0 Å². The first-order valence-electron chi connectivity index (χ1n) is 6.11. The maximum atomic E-state index is 5.52. The second-order valence-corrected chi connectivity index (χ2v) is 5.05. The molecule has 0 aliphatic carbocycles. The Labute approximate surface area is 124 Å². The lowest BCUT2D eigenvalue weighted by molar-refractivity contribution is 0.533. The molecule has 0 bridgehead atoms. The summed E-state index contributed by atoms with van der Waals surface area (Å²) in [5.41, 5.74) is 10.1. The molecule has 7 nitrogen and oxygen atoms in total. The number of anilines is 2. The van der Waals surface area contributed by atoms with Gasteiger partial charge in [0.15, 0.2) is 0 Å². The van der Waals surface area contributed by atoms with Crippen LogP contribution in [0.3, 0.4) is 0 Å². The van der Waals surface area contributed by atoms with E-state index >= 15 is 0 Å². The van der Waals surface area contributed by atoms with Gasteiger partial charge in [-0.1, -0.05) is 12.1 Å². The number of aromatic nitrogens is 3. The number of rotatable bonds is 4. The Balaban J connectivity index is 1.66. The summed E-state index contributed by atoms with van der Waals surface area (Å²) >= 11 is 1.40. The molecule has 0 fully saturated rings. The predicted molar refractivity (Wildman–Crippen MR) is 82.2 cm³/mol. The third-order valence-corrected chi connectivity index (χ3v) is 3.34. The van der Waals surface area contributed by atoms with Gasteiger partial charge in [0.1, 0.15) is 5.82 Å². The smallest absolute Gasteiger partial charge is 0.247 e. The summed E-state index contributed by atoms with van der Waals surface area (Å²) in [5.74, 6) is 1.53. The highest BCUT2D eigenvalue weighted by Crippen LogP contribution is 2.18. The van der Waals surface area contributed by atoms with E-state index in [1.54, 1.807) is 18.5 Å². The monoisotopic (exact) mass is 300 g/mol. The summed E-state index contributed by atoms with van der Waals surface area (Å²) in [6.07, 6.45) is 1.69. The van der Waals surface area contributed by atoms with Crippen molar-refractivity contribution < 1.29 is 4.42 Å². The number of nitrogens with one attached hydrogen (secondary N) is 1. The standard InChI is InChI=1S/C13H12N6OS/c1-8-17-18-12(20-8)10-4-2-9(3-5-10)6-15-19-13-16-11(14)7-21-13/h2-7H,14H2,1H3,(H,16,19). The third-order valence-electron chi connectivity index (χ3n) is 2.58. The lowest BCUT2D eigenvalue weighted by atomic mass is 10.1. The summed E-state index contributed by atoms with van der Waals surface area (Å²) in [6, 6.07) is 7.62. The Kier molecular flexibility index (Phi) is 3.61. The van der Waals surface area contributed by atoms with Gasteiger partial charge in [-0.25, -0.2) is 4.98 Å². The molecule has 0 saturated carbocycles. The van der Waals surface area contributed by atoms with Crippen molar-refractivity contribution in [3.8, 4) is 11.5 Å². The molecule has 0 aliphatic heterocycles. The minimum absolute atomic E-state index is 0.483. The molecule has 21 heavy (non-hydrogen) atoms. The lowest BCUT2D eigenvalue weighted by Crippen LogP contribution is -1.91. The molecule has 0 spiro atoms. The SMILES string of the molecule is Cc1nnc(-c2ccc(C=NNc3nc(N)cs3)cc2)o1. The number of hydrogen-bond acceptors (Lipinski definition) is 8. The minimum atomic E-state index is 0.483. The van der Waals surface area contributed by atoms with Crippen LogP contribution in [0.15, 0.2) is 39.2 Å². The van der Waals surface area contributed by atoms with E-state index in [1.807, 2.05) is 24.3 Å². The molecule has 0 amide bonds. The highest BCUT2D eigenvalue weighted by Gasteiger charge is 2.04. The van der Waals surface area contributed by atoms with Gasteiger partial charge in [0.05, 0.1) is 6.21 Å². The van der Waals surface area contributed by atoms with Crippen molar-refractivity contribution in [2.45, 2.75) is 6.92 Å². The molecule has 2 heterocycles. The molecule has 3 aromatic rings. The average Bonchev–Trinajstić information content (AvgIpc) is 3.09. The first kappa shape index (κ1) is 13.3. The van der Waals surface area contributed by atoms with Gasteiger partial charge in [-0.3, -0.25) is 5.43 Å². The van der Waals surface area contributed by atoms with Crippen molar-refractivity contribution in [1.29, 1.82) is 0 Å². The fourth-order valence-corrected chi connectivity index (χ4v) is 2.17. The molecule has 0 aliphatic rings. The zero-order valence-corrected chi connectivity index (χ0v) is 12.0. The van der Waals surface area contributed by atoms with Crippen molar-refractivity contribution in [2.75, 3.05) is 11.2 Å². The molecule has 8 heteroatoms. The maximum Gasteiger partial charge on any atom is 0.247 e. The van der Waals surface area contributed by atoms with Gasteiger partial charge in [-0.2, -0.15) is 5.10 Å². The Morgan fingerprint density at radius 1 is 1.29 bits per heavy atom. The van der Waals surface area contributed by atoms with Crippen LogP contribution in [0.4, 0.5) is 10.9 Å². The molecule has 1 aromatic carbocycles. The zero-order valence-electron chi connectivity index (χ0n) is 11.1. The van der Waals surface area contributed by atoms with Crippen LogP contribution in [0.25, 0.3) is 11.5 Å². The molecular weight excluding hydrogens is 288 g/mol. The van der Waals surface area contributed by atoms with Crippen LogP contribution in [0.2, 0.25) is 0 Å². The van der Waals surface area contributed by atoms with Crippen LogP contribution in [0.1, 0.15) is 11.5 Å². The fourth-order valence-electron chi connectivity index (χ4n) is 1.62. The number of hydrazone groups is 1. The lowest BCUT2D eigenvalue weighted by Gasteiger charge is -1.96. The molecule has 0 radical (unpaired) electrons. The van der Waals surface area contributed by atoms with Crippen LogP contribution in [-0.2, 0) is 0 Å². The Morgan fingerprint density at radius 3 is 2.71 bits per heavy atom. The molecule has 3 rings (SSSR count). The number of nitrogens with two attached hydrogens (primary N) is 1. The van der Waals surface area contributed by atoms with Crippen LogP contribution in [0, 0.1) is 6.92 Å². The number of thiazole rings is 1. The summed E-state index contributed by atoms with van der Waals surface area (Å²) < 4.78 is 5.36. The molecule has 3 N–H and O–H groups in total. The molecule has 2 aromatic heterocycles. The Morgan fingerprint density at radius 2 is 2.10 bits per heavy atom. The molecule has 0 unspecified atom stereocenters. The fraction of sp³-hybridized carbons (Fsp3) is 0.0769. The number of nitrogens with zero attached hydrogens (tertiary/aromatic N) is 4. The average molecular weight is 300 g/mol. The van der Waals surface area contributed by atoms with Gasteiger partial charge in [0, 0.05) is 17.9 Å². The molecular formula is C13H12N6OS. The third kappa shape index (κ3) is 3.23. The van der Waals surface area contributed by atoms with Crippen molar-refractivity contribution in [1.82, 2.24) is 15.2 Å². The summed E-state index contributed by atoms with van der Waals surface area (Å²) in [6.45, 7) is 1.76. The number of aryl methyl sites for hydroxylation is 1. The van der Waals surface area contributed by atoms with Crippen molar-refractivity contribution in [2.24, 2.45) is 5.10 Å². The first-order chi connectivity index (χ1) is 10.2. The summed E-state index contributed by atoms with van der Waals surface area (Å²) in [7, 11) is 0. The highest BCUT2D eigenvalue weighted by atomic mass is 32.1. The first-order valence-corrected chi connectivity index (χ1v) is 6.99. The molecule has 106 valence electrons. The second-order valence-electron chi connectivity index (χ2n) is 4.20. The maximum absolute atomic E-state index is 5.52. The van der Waals surface area contributed by atoms with E-state index < -0.39 is 0 Å². The largest absolute Gasteiger partial charge is 0.421 e. The van der Waals surface area contributed by atoms with Gasteiger partial charge in [-0.15, -0.1) is 21.5 Å². The van der Waals surface area contributed by atoms with Gasteiger partial charge >= 0.3 is 0 Å². The van der Waals surface area contributed by atoms with E-state index in [4.69, 9.17) is 10.2 Å². The van der Waals surface area contributed by atoms with E-state index in [0.717, 1.165) is 11.1 Å². The summed E-state index contributed by atoms with van der Waals surface area (Å²) in [4.78, 5) is 4.04. The van der Waals surface area contributed by atoms with Crippen LogP contribution >= 0.6 is 11.3 Å². The zero-order chi connectivity index (χ0) is 14.7. The van der Waals surface area contributed by atoms with E-state index in [2.05, 4.69) is 25.7 Å². The second kappa shape index (κ2) is 5.71. The minimum Gasteiger partial charge on any atom is -0.421 e. The summed E-state index contributed by atoms with van der Waals surface area (Å²) in [5, 5.41) is 14.3. The van der Waals surface area contributed by atoms with Gasteiger partial charge in [0.2, 0.25) is 16.9 Å². The predicted octanol–water partition coefficient (Wildman–Crippen LogP) is 2.53. The Bertz CT molecular complexity index is 761. The van der Waals surface area contributed by atoms with Gasteiger partial charge in [0.25, 0.3) is 0 Å². The quantitative estimate of drug-likeness (QED) is 0.567. The van der Waals surface area contributed by atoms with Gasteiger partial charge in [-0.05, 0) is 17.7 Å². The Hall–Kier alpha value is -2.74. The molecule has 0 atom stereocenters. The highest BCUT2D eigenvalue weighted by molar-refractivity contribution is 7.14. The van der Waals surface area contributed by atoms with Crippen LogP contribution < -0.4 is 11.2 Å². The van der Waals surface area contributed by atoms with Crippen LogP contribution in [0.5, 0.6) is 0 Å². The van der Waals surface area contributed by atoms with E-state index in [9.17, 15) is 0 Å². The van der Waals surface area contributed by atoms with E-state index in [1.165, 1.54) is 11.3 Å². The normalized spacial score (nSPS) is 11.1. The molecule has 0 saturated heterocycles. The number of nitrogen functional groups attached to an aromatic ring is 1. The van der Waals surface area contributed by atoms with E-state index in [0.29, 0.717) is 22.7 Å².